The van der Waals surface area contributed by atoms with E-state index < -0.39 is 0 Å². The first-order valence-electron chi connectivity index (χ1n) is 10.9. The van der Waals surface area contributed by atoms with Gasteiger partial charge in [-0.05, 0) is 80.6 Å². The van der Waals surface area contributed by atoms with Gasteiger partial charge < -0.3 is 10.2 Å². The minimum absolute atomic E-state index is 0.0294. The Labute approximate surface area is 194 Å². The molecule has 0 bridgehead atoms. The van der Waals surface area contributed by atoms with Crippen molar-refractivity contribution in [1.29, 1.82) is 0 Å². The van der Waals surface area contributed by atoms with Crippen molar-refractivity contribution in [3.05, 3.63) is 94.5 Å². The second kappa shape index (κ2) is 9.17. The van der Waals surface area contributed by atoms with E-state index in [1.54, 1.807) is 30.3 Å². The number of para-hydroxylation sites is 1. The molecule has 4 rings (SSSR count). The van der Waals surface area contributed by atoms with Crippen LogP contribution in [-0.4, -0.2) is 17.4 Å². The second-order valence-electron chi connectivity index (χ2n) is 8.83. The summed E-state index contributed by atoms with van der Waals surface area (Å²) in [5, 5.41) is 3.46. The van der Waals surface area contributed by atoms with Gasteiger partial charge in [-0.15, -0.1) is 0 Å². The van der Waals surface area contributed by atoms with Crippen molar-refractivity contribution in [3.8, 4) is 0 Å². The molecule has 0 saturated carbocycles. The van der Waals surface area contributed by atoms with Crippen LogP contribution < -0.4 is 10.2 Å². The Kier molecular flexibility index (Phi) is 6.33. The molecule has 1 aliphatic rings. The van der Waals surface area contributed by atoms with E-state index in [0.29, 0.717) is 16.3 Å². The molecule has 2 amide bonds. The molecule has 0 saturated heterocycles. The Morgan fingerprint density at radius 2 is 1.66 bits per heavy atom. The van der Waals surface area contributed by atoms with Crippen LogP contribution >= 0.6 is 11.6 Å². The topological polar surface area (TPSA) is 49.4 Å². The predicted octanol–water partition coefficient (Wildman–Crippen LogP) is 6.28. The molecular formula is C27H27ClN2O2. The highest BCUT2D eigenvalue weighted by Crippen LogP contribution is 2.36. The number of halogens is 1. The summed E-state index contributed by atoms with van der Waals surface area (Å²) in [5.41, 5.74) is 3.92. The molecule has 32 heavy (non-hydrogen) atoms. The number of rotatable bonds is 4. The zero-order valence-electron chi connectivity index (χ0n) is 18.4. The molecule has 0 spiro atoms. The Morgan fingerprint density at radius 3 is 2.41 bits per heavy atom. The monoisotopic (exact) mass is 446 g/mol. The van der Waals surface area contributed by atoms with Gasteiger partial charge in [-0.3, -0.25) is 9.59 Å². The molecule has 1 heterocycles. The van der Waals surface area contributed by atoms with E-state index in [0.717, 1.165) is 30.5 Å². The van der Waals surface area contributed by atoms with Gasteiger partial charge in [0, 0.05) is 27.5 Å². The average molecular weight is 447 g/mol. The molecule has 3 aromatic rings. The van der Waals surface area contributed by atoms with Gasteiger partial charge in [-0.2, -0.15) is 0 Å². The van der Waals surface area contributed by atoms with Crippen LogP contribution in [0, 0.1) is 0 Å². The summed E-state index contributed by atoms with van der Waals surface area (Å²) in [7, 11) is 0. The highest BCUT2D eigenvalue weighted by Gasteiger charge is 2.35. The van der Waals surface area contributed by atoms with Crippen LogP contribution in [0.15, 0.2) is 72.8 Å². The molecule has 1 N–H and O–H groups in total. The van der Waals surface area contributed by atoms with E-state index >= 15 is 0 Å². The van der Waals surface area contributed by atoms with E-state index in [9.17, 15) is 9.59 Å². The van der Waals surface area contributed by atoms with Crippen LogP contribution in [0.2, 0.25) is 5.02 Å². The van der Waals surface area contributed by atoms with Gasteiger partial charge in [-0.1, -0.05) is 48.0 Å². The van der Waals surface area contributed by atoms with E-state index in [4.69, 9.17) is 11.6 Å². The Morgan fingerprint density at radius 1 is 0.969 bits per heavy atom. The van der Waals surface area contributed by atoms with Gasteiger partial charge in [0.05, 0.1) is 6.42 Å². The molecule has 0 unspecified atom stereocenters. The van der Waals surface area contributed by atoms with Crippen molar-refractivity contribution < 1.29 is 9.59 Å². The van der Waals surface area contributed by atoms with Crippen molar-refractivity contribution in [2.24, 2.45) is 0 Å². The lowest BCUT2D eigenvalue weighted by Crippen LogP contribution is -2.47. The quantitative estimate of drug-likeness (QED) is 0.512. The molecule has 4 nitrogen and oxygen atoms in total. The molecule has 0 aliphatic carbocycles. The summed E-state index contributed by atoms with van der Waals surface area (Å²) in [5.74, 6) is -0.182. The minimum Gasteiger partial charge on any atom is -0.326 e. The number of nitrogens with one attached hydrogen (secondary N) is 1. The van der Waals surface area contributed by atoms with Gasteiger partial charge in [-0.25, -0.2) is 0 Å². The summed E-state index contributed by atoms with van der Waals surface area (Å²) in [4.78, 5) is 27.9. The summed E-state index contributed by atoms with van der Waals surface area (Å²) < 4.78 is 0. The van der Waals surface area contributed by atoms with Gasteiger partial charge in [0.1, 0.15) is 0 Å². The number of carbonyl (C=O) groups excluding carboxylic acids is 2. The smallest absolute Gasteiger partial charge is 0.258 e. The highest BCUT2D eigenvalue weighted by atomic mass is 35.5. The fourth-order valence-electron chi connectivity index (χ4n) is 4.32. The maximum Gasteiger partial charge on any atom is 0.258 e. The lowest BCUT2D eigenvalue weighted by Gasteiger charge is -2.38. The Bertz CT molecular complexity index is 1140. The largest absolute Gasteiger partial charge is 0.326 e. The molecular weight excluding hydrogens is 420 g/mol. The van der Waals surface area contributed by atoms with Crippen LogP contribution in [0.1, 0.15) is 48.2 Å². The van der Waals surface area contributed by atoms with Crippen LogP contribution in [0.5, 0.6) is 0 Å². The zero-order chi connectivity index (χ0) is 22.7. The first kappa shape index (κ1) is 22.1. The van der Waals surface area contributed by atoms with Crippen LogP contribution in [-0.2, 0) is 17.6 Å². The van der Waals surface area contributed by atoms with E-state index in [1.165, 1.54) is 5.56 Å². The summed E-state index contributed by atoms with van der Waals surface area (Å²) >= 11 is 6.15. The Hall–Kier alpha value is -3.11. The summed E-state index contributed by atoms with van der Waals surface area (Å²) in [6, 6.07) is 22.5. The number of carbonyl (C=O) groups is 2. The number of anilines is 2. The first-order chi connectivity index (χ1) is 15.3. The maximum atomic E-state index is 13.6. The molecule has 0 radical (unpaired) electrons. The average Bonchev–Trinajstić information content (AvgIpc) is 2.90. The lowest BCUT2D eigenvalue weighted by atomic mass is 9.95. The van der Waals surface area contributed by atoms with Gasteiger partial charge in [0.2, 0.25) is 5.91 Å². The second-order valence-corrected chi connectivity index (χ2v) is 9.24. The molecule has 0 aromatic heterocycles. The van der Waals surface area contributed by atoms with Crippen molar-refractivity contribution in [2.75, 3.05) is 10.2 Å². The standard InChI is InChI=1S/C27H27ClN2O2/c1-27(2)17-7-10-19-8-4-6-12-24(19)30(27)26(32)20-13-15-22(16-14-20)29-25(31)18-21-9-3-5-11-23(21)28/h3-6,8-9,11-16H,7,10,17-18H2,1-2H3,(H,29,31). The number of hydrogen-bond donors (Lipinski definition) is 1. The van der Waals surface area contributed by atoms with Crippen molar-refractivity contribution in [1.82, 2.24) is 0 Å². The maximum absolute atomic E-state index is 13.6. The SMILES string of the molecule is CC1(C)CCCc2ccccc2N1C(=O)c1ccc(NC(=O)Cc2ccccc2Cl)cc1. The predicted molar refractivity (Wildman–Crippen MR) is 130 cm³/mol. The van der Waals surface area contributed by atoms with Gasteiger partial charge >= 0.3 is 0 Å². The van der Waals surface area contributed by atoms with Crippen molar-refractivity contribution in [2.45, 2.75) is 45.1 Å². The third-order valence-corrected chi connectivity index (χ3v) is 6.37. The molecule has 164 valence electrons. The first-order valence-corrected chi connectivity index (χ1v) is 11.3. The number of benzene rings is 3. The molecule has 0 fully saturated rings. The molecule has 5 heteroatoms. The Balaban J connectivity index is 1.52. The van der Waals surface area contributed by atoms with Gasteiger partial charge in [0.15, 0.2) is 0 Å². The fraction of sp³-hybridized carbons (Fsp3) is 0.259. The van der Waals surface area contributed by atoms with Crippen LogP contribution in [0.25, 0.3) is 0 Å². The summed E-state index contributed by atoms with van der Waals surface area (Å²) in [6.45, 7) is 4.24. The number of hydrogen-bond acceptors (Lipinski definition) is 2. The van der Waals surface area contributed by atoms with Crippen molar-refractivity contribution >= 4 is 34.8 Å². The number of fused-ring (bicyclic) bond motifs is 1. The van der Waals surface area contributed by atoms with E-state index in [-0.39, 0.29) is 23.8 Å². The van der Waals surface area contributed by atoms with Crippen LogP contribution in [0.4, 0.5) is 11.4 Å². The minimum atomic E-state index is -0.286. The van der Waals surface area contributed by atoms with Gasteiger partial charge in [0.25, 0.3) is 5.91 Å². The molecule has 3 aromatic carbocycles. The number of nitrogens with zero attached hydrogens (tertiary/aromatic N) is 1. The number of aryl methyl sites for hydroxylation is 1. The zero-order valence-corrected chi connectivity index (χ0v) is 19.2. The van der Waals surface area contributed by atoms with Crippen molar-refractivity contribution in [3.63, 3.8) is 0 Å². The third kappa shape index (κ3) is 4.71. The molecule has 1 aliphatic heterocycles. The highest BCUT2D eigenvalue weighted by molar-refractivity contribution is 6.31. The fourth-order valence-corrected chi connectivity index (χ4v) is 4.52. The molecule has 0 atom stereocenters. The number of amides is 2. The lowest BCUT2D eigenvalue weighted by molar-refractivity contribution is -0.115. The third-order valence-electron chi connectivity index (χ3n) is 6.00. The van der Waals surface area contributed by atoms with Crippen LogP contribution in [0.3, 0.4) is 0 Å². The summed E-state index contributed by atoms with van der Waals surface area (Å²) in [6.07, 6.45) is 3.15. The van der Waals surface area contributed by atoms with E-state index in [1.807, 2.05) is 41.3 Å². The normalized spacial score (nSPS) is 14.9. The van der Waals surface area contributed by atoms with E-state index in [2.05, 4.69) is 25.2 Å².